The zero-order valence-corrected chi connectivity index (χ0v) is 19.7. The normalized spacial score (nSPS) is 17.5. The first-order valence-electron chi connectivity index (χ1n) is 10.6. The quantitative estimate of drug-likeness (QED) is 0.632. The Morgan fingerprint density at radius 3 is 2.55 bits per heavy atom. The van der Waals surface area contributed by atoms with Gasteiger partial charge in [-0.25, -0.2) is 8.42 Å². The molecule has 0 unspecified atom stereocenters. The molecule has 0 bridgehead atoms. The molecule has 6 nitrogen and oxygen atoms in total. The number of anilines is 1. The number of carbonyl (C=O) groups is 1. The summed E-state index contributed by atoms with van der Waals surface area (Å²) < 4.78 is 33.0. The van der Waals surface area contributed by atoms with Gasteiger partial charge in [0, 0.05) is 18.8 Å². The van der Waals surface area contributed by atoms with E-state index in [9.17, 15) is 13.2 Å². The van der Waals surface area contributed by atoms with Crippen molar-refractivity contribution in [2.45, 2.75) is 44.4 Å². The number of nitrogens with zero attached hydrogens (tertiary/aromatic N) is 1. The number of carbonyl (C=O) groups excluding carboxylic acids is 1. The van der Waals surface area contributed by atoms with Gasteiger partial charge in [0.15, 0.2) is 0 Å². The molecule has 1 saturated heterocycles. The van der Waals surface area contributed by atoms with Crippen molar-refractivity contribution in [1.29, 1.82) is 0 Å². The second kappa shape index (κ2) is 10.0. The Morgan fingerprint density at radius 2 is 1.94 bits per heavy atom. The molecule has 0 aromatic heterocycles. The molecule has 1 fully saturated rings. The number of hydrogen-bond donors (Lipinski definition) is 1. The van der Waals surface area contributed by atoms with Crippen molar-refractivity contribution < 1.29 is 17.9 Å². The molecule has 1 N–H and O–H groups in total. The Morgan fingerprint density at radius 1 is 1.23 bits per heavy atom. The number of ether oxygens (including phenoxy) is 1. The van der Waals surface area contributed by atoms with Gasteiger partial charge in [-0.15, -0.1) is 0 Å². The van der Waals surface area contributed by atoms with Gasteiger partial charge in [-0.05, 0) is 61.6 Å². The van der Waals surface area contributed by atoms with Crippen molar-refractivity contribution in [1.82, 2.24) is 4.31 Å². The topological polar surface area (TPSA) is 75.7 Å². The van der Waals surface area contributed by atoms with E-state index in [0.29, 0.717) is 43.3 Å². The van der Waals surface area contributed by atoms with E-state index in [1.165, 1.54) is 22.0 Å². The number of benzene rings is 2. The first-order valence-corrected chi connectivity index (χ1v) is 12.4. The maximum Gasteiger partial charge on any atom is 0.243 e. The van der Waals surface area contributed by atoms with Crippen LogP contribution < -0.4 is 10.1 Å². The van der Waals surface area contributed by atoms with Crippen LogP contribution in [0.1, 0.15) is 45.1 Å². The van der Waals surface area contributed by atoms with Gasteiger partial charge in [-0.1, -0.05) is 37.6 Å². The first kappa shape index (κ1) is 23.6. The highest BCUT2D eigenvalue weighted by Gasteiger charge is 2.33. The smallest absolute Gasteiger partial charge is 0.243 e. The third-order valence-electron chi connectivity index (χ3n) is 5.44. The van der Waals surface area contributed by atoms with E-state index in [-0.39, 0.29) is 22.4 Å². The second-order valence-electron chi connectivity index (χ2n) is 7.99. The molecule has 0 spiro atoms. The van der Waals surface area contributed by atoms with E-state index in [1.807, 2.05) is 31.2 Å². The highest BCUT2D eigenvalue weighted by molar-refractivity contribution is 7.89. The van der Waals surface area contributed by atoms with Gasteiger partial charge in [-0.3, -0.25) is 4.79 Å². The summed E-state index contributed by atoms with van der Waals surface area (Å²) in [5.41, 5.74) is 1.91. The van der Waals surface area contributed by atoms with Gasteiger partial charge in [0.25, 0.3) is 0 Å². The largest absolute Gasteiger partial charge is 0.492 e. The van der Waals surface area contributed by atoms with E-state index in [0.717, 1.165) is 0 Å². The molecular formula is C23H29ClN2O4S. The first-order chi connectivity index (χ1) is 14.7. The van der Waals surface area contributed by atoms with Crippen LogP contribution in [-0.4, -0.2) is 38.3 Å². The molecule has 1 aliphatic rings. The maximum atomic E-state index is 13.1. The summed E-state index contributed by atoms with van der Waals surface area (Å²) in [5.74, 6) is 0.286. The van der Waals surface area contributed by atoms with Crippen LogP contribution in [0.3, 0.4) is 0 Å². The van der Waals surface area contributed by atoms with Crippen LogP contribution >= 0.6 is 11.6 Å². The molecule has 1 atom stereocenters. The predicted molar refractivity (Wildman–Crippen MR) is 123 cm³/mol. The Kier molecular flexibility index (Phi) is 7.62. The third-order valence-corrected chi connectivity index (χ3v) is 7.60. The fourth-order valence-corrected chi connectivity index (χ4v) is 5.48. The standard InChI is InChI=1S/C23H29ClN2O4S/c1-4-30-22-12-11-20(14-21(22)24)31(28,29)26-13-5-6-18(15-26)23(27)25-19-9-7-17(8-10-19)16(2)3/h7-12,14,16,18H,4-6,13,15H2,1-3H3,(H,25,27)/t18-/m0/s1. The van der Waals surface area contributed by atoms with Crippen LogP contribution in [0, 0.1) is 5.92 Å². The second-order valence-corrected chi connectivity index (χ2v) is 10.3. The lowest BCUT2D eigenvalue weighted by atomic mass is 9.98. The van der Waals surface area contributed by atoms with Gasteiger partial charge < -0.3 is 10.1 Å². The van der Waals surface area contributed by atoms with Crippen LogP contribution in [0.25, 0.3) is 0 Å². The van der Waals surface area contributed by atoms with E-state index in [1.54, 1.807) is 6.07 Å². The fraction of sp³-hybridized carbons (Fsp3) is 0.435. The zero-order chi connectivity index (χ0) is 22.6. The number of nitrogens with one attached hydrogen (secondary N) is 1. The molecule has 1 amide bonds. The predicted octanol–water partition coefficient (Wildman–Crippen LogP) is 4.90. The summed E-state index contributed by atoms with van der Waals surface area (Å²) in [4.78, 5) is 12.9. The van der Waals surface area contributed by atoms with Crippen molar-refractivity contribution in [3.05, 3.63) is 53.1 Å². The van der Waals surface area contributed by atoms with Gasteiger partial charge in [0.2, 0.25) is 15.9 Å². The molecule has 0 saturated carbocycles. The number of halogens is 1. The minimum atomic E-state index is -3.76. The van der Waals surface area contributed by atoms with Gasteiger partial charge >= 0.3 is 0 Å². The molecule has 31 heavy (non-hydrogen) atoms. The Balaban J connectivity index is 1.70. The highest BCUT2D eigenvalue weighted by atomic mass is 35.5. The van der Waals surface area contributed by atoms with E-state index < -0.39 is 15.9 Å². The molecule has 2 aromatic rings. The summed E-state index contributed by atoms with van der Waals surface area (Å²) in [6.07, 6.45) is 1.26. The molecule has 3 rings (SSSR count). The van der Waals surface area contributed by atoms with Crippen molar-refractivity contribution >= 4 is 33.2 Å². The number of hydrogen-bond acceptors (Lipinski definition) is 4. The average molecular weight is 465 g/mol. The van der Waals surface area contributed by atoms with E-state index >= 15 is 0 Å². The van der Waals surface area contributed by atoms with Crippen LogP contribution in [0.5, 0.6) is 5.75 Å². The van der Waals surface area contributed by atoms with Gasteiger partial charge in [-0.2, -0.15) is 4.31 Å². The monoisotopic (exact) mass is 464 g/mol. The van der Waals surface area contributed by atoms with E-state index in [4.69, 9.17) is 16.3 Å². The lowest BCUT2D eigenvalue weighted by Gasteiger charge is -2.31. The van der Waals surface area contributed by atoms with Crippen LogP contribution in [0.15, 0.2) is 47.4 Å². The fourth-order valence-electron chi connectivity index (χ4n) is 3.63. The lowest BCUT2D eigenvalue weighted by molar-refractivity contribution is -0.120. The Labute approximate surface area is 189 Å². The maximum absolute atomic E-state index is 13.1. The van der Waals surface area contributed by atoms with Gasteiger partial charge in [0.1, 0.15) is 5.75 Å². The summed E-state index contributed by atoms with van der Waals surface area (Å²) in [7, 11) is -3.76. The molecule has 0 radical (unpaired) electrons. The van der Waals surface area contributed by atoms with Crippen molar-refractivity contribution in [3.8, 4) is 5.75 Å². The number of sulfonamides is 1. The molecule has 2 aromatic carbocycles. The SMILES string of the molecule is CCOc1ccc(S(=O)(=O)N2CCC[C@H](C(=O)Nc3ccc(C(C)C)cc3)C2)cc1Cl. The average Bonchev–Trinajstić information content (AvgIpc) is 2.75. The molecule has 1 heterocycles. The molecule has 8 heteroatoms. The van der Waals surface area contributed by atoms with E-state index in [2.05, 4.69) is 19.2 Å². The van der Waals surface area contributed by atoms with Crippen molar-refractivity contribution in [2.75, 3.05) is 25.0 Å². The lowest BCUT2D eigenvalue weighted by Crippen LogP contribution is -2.43. The van der Waals surface area contributed by atoms with Crippen LogP contribution in [-0.2, 0) is 14.8 Å². The summed E-state index contributed by atoms with van der Waals surface area (Å²) >= 11 is 6.18. The van der Waals surface area contributed by atoms with Crippen LogP contribution in [0.2, 0.25) is 5.02 Å². The number of piperidine rings is 1. The summed E-state index contributed by atoms with van der Waals surface area (Å²) in [6.45, 7) is 7.01. The Bertz CT molecular complexity index is 1020. The van der Waals surface area contributed by atoms with Crippen LogP contribution in [0.4, 0.5) is 5.69 Å². The Hall–Kier alpha value is -2.09. The summed E-state index contributed by atoms with van der Waals surface area (Å²) in [6, 6.07) is 12.2. The van der Waals surface area contributed by atoms with Crippen molar-refractivity contribution in [2.24, 2.45) is 5.92 Å². The minimum Gasteiger partial charge on any atom is -0.492 e. The molecular weight excluding hydrogens is 436 g/mol. The minimum absolute atomic E-state index is 0.103. The van der Waals surface area contributed by atoms with Gasteiger partial charge in [0.05, 0.1) is 22.4 Å². The third kappa shape index (κ3) is 5.59. The molecule has 0 aliphatic carbocycles. The molecule has 168 valence electrons. The summed E-state index contributed by atoms with van der Waals surface area (Å²) in [5, 5.41) is 3.17. The zero-order valence-electron chi connectivity index (χ0n) is 18.1. The number of rotatable bonds is 7. The highest BCUT2D eigenvalue weighted by Crippen LogP contribution is 2.31. The van der Waals surface area contributed by atoms with Crippen molar-refractivity contribution in [3.63, 3.8) is 0 Å². The molecule has 1 aliphatic heterocycles. The number of amides is 1.